The van der Waals surface area contributed by atoms with E-state index in [-0.39, 0.29) is 5.75 Å². The summed E-state index contributed by atoms with van der Waals surface area (Å²) >= 11 is 0. The van der Waals surface area contributed by atoms with E-state index < -0.39 is 36.5 Å². The lowest BCUT2D eigenvalue weighted by atomic mass is 9.99. The number of hydrogen-bond donors (Lipinski definition) is 3. The molecule has 0 amide bonds. The van der Waals surface area contributed by atoms with Gasteiger partial charge < -0.3 is 29.4 Å². The van der Waals surface area contributed by atoms with E-state index in [1.165, 1.54) is 25.6 Å². The number of nitrogens with zero attached hydrogens (tertiary/aromatic N) is 3. The van der Waals surface area contributed by atoms with Gasteiger partial charge in [-0.1, -0.05) is 6.07 Å². The molecule has 3 aromatic rings. The number of fused-ring (bicyclic) bond motifs is 1. The Morgan fingerprint density at radius 2 is 2.00 bits per heavy atom. The maximum absolute atomic E-state index is 13.6. The van der Waals surface area contributed by atoms with Crippen molar-refractivity contribution in [3.63, 3.8) is 0 Å². The van der Waals surface area contributed by atoms with Crippen LogP contribution in [-0.2, 0) is 4.74 Å². The molecule has 3 N–H and O–H groups in total. The zero-order valence-electron chi connectivity index (χ0n) is 15.2. The van der Waals surface area contributed by atoms with Crippen molar-refractivity contribution in [1.82, 2.24) is 14.5 Å². The van der Waals surface area contributed by atoms with Crippen LogP contribution in [-0.4, -0.2) is 55.3 Å². The Morgan fingerprint density at radius 3 is 2.75 bits per heavy atom. The average molecular weight is 389 g/mol. The first-order chi connectivity index (χ1) is 13.4. The smallest absolute Gasteiger partial charge is 0.165 e. The highest BCUT2D eigenvalue weighted by Gasteiger charge is 2.47. The SMILES string of the molecule is COc1cc([C@@H](O)[C@H]2O[C@@H](n3ccc4c(C)ncnc43)[C@H](O)[C@@H]2O)ccc1F. The molecule has 0 spiro atoms. The second kappa shape index (κ2) is 7.10. The molecule has 3 heterocycles. The van der Waals surface area contributed by atoms with Gasteiger partial charge in [0, 0.05) is 11.6 Å². The number of ether oxygens (including phenoxy) is 2. The molecule has 1 aromatic carbocycles. The van der Waals surface area contributed by atoms with E-state index in [4.69, 9.17) is 9.47 Å². The van der Waals surface area contributed by atoms with Gasteiger partial charge in [-0.3, -0.25) is 0 Å². The van der Waals surface area contributed by atoms with Crippen LogP contribution in [0.3, 0.4) is 0 Å². The van der Waals surface area contributed by atoms with E-state index in [9.17, 15) is 19.7 Å². The molecule has 0 bridgehead atoms. The Morgan fingerprint density at radius 1 is 1.21 bits per heavy atom. The van der Waals surface area contributed by atoms with E-state index in [2.05, 4.69) is 9.97 Å². The van der Waals surface area contributed by atoms with Crippen LogP contribution >= 0.6 is 0 Å². The molecular weight excluding hydrogens is 369 g/mol. The van der Waals surface area contributed by atoms with Crippen molar-refractivity contribution >= 4 is 11.0 Å². The fraction of sp³-hybridized carbons (Fsp3) is 0.368. The predicted octanol–water partition coefficient (Wildman–Crippen LogP) is 1.24. The average Bonchev–Trinajstić information content (AvgIpc) is 3.24. The number of halogens is 1. The zero-order valence-corrected chi connectivity index (χ0v) is 15.2. The quantitative estimate of drug-likeness (QED) is 0.616. The van der Waals surface area contributed by atoms with Crippen molar-refractivity contribution in [3.05, 3.63) is 53.9 Å². The van der Waals surface area contributed by atoms with Crippen molar-refractivity contribution in [2.45, 2.75) is 37.6 Å². The number of aromatic nitrogens is 3. The molecule has 1 fully saturated rings. The van der Waals surface area contributed by atoms with E-state index >= 15 is 0 Å². The number of rotatable bonds is 4. The molecular formula is C19H20FN3O5. The van der Waals surface area contributed by atoms with Gasteiger partial charge in [-0.15, -0.1) is 0 Å². The molecule has 148 valence electrons. The maximum atomic E-state index is 13.6. The molecule has 9 heteroatoms. The molecule has 0 saturated carbocycles. The molecule has 0 radical (unpaired) electrons. The fourth-order valence-electron chi connectivity index (χ4n) is 3.53. The van der Waals surface area contributed by atoms with Crippen LogP contribution < -0.4 is 4.74 Å². The van der Waals surface area contributed by atoms with Crippen molar-refractivity contribution in [1.29, 1.82) is 0 Å². The second-order valence-corrected chi connectivity index (χ2v) is 6.73. The van der Waals surface area contributed by atoms with Gasteiger partial charge in [0.1, 0.15) is 36.4 Å². The molecule has 1 saturated heterocycles. The molecule has 8 nitrogen and oxygen atoms in total. The summed E-state index contributed by atoms with van der Waals surface area (Å²) in [6, 6.07) is 5.66. The van der Waals surface area contributed by atoms with Crippen molar-refractivity contribution in [3.8, 4) is 5.75 Å². The summed E-state index contributed by atoms with van der Waals surface area (Å²) in [5.74, 6) is -0.608. The zero-order chi connectivity index (χ0) is 20.0. The Labute approximate surface area is 159 Å². The van der Waals surface area contributed by atoms with Gasteiger partial charge >= 0.3 is 0 Å². The topological polar surface area (TPSA) is 110 Å². The molecule has 2 aromatic heterocycles. The molecule has 1 aliphatic heterocycles. The minimum atomic E-state index is -1.36. The van der Waals surface area contributed by atoms with Gasteiger partial charge in [-0.2, -0.15) is 0 Å². The van der Waals surface area contributed by atoms with Crippen molar-refractivity contribution < 1.29 is 29.2 Å². The largest absolute Gasteiger partial charge is 0.494 e. The van der Waals surface area contributed by atoms with E-state index in [0.717, 1.165) is 17.1 Å². The minimum Gasteiger partial charge on any atom is -0.494 e. The van der Waals surface area contributed by atoms with Crippen LogP contribution in [0, 0.1) is 12.7 Å². The van der Waals surface area contributed by atoms with Gasteiger partial charge in [0.25, 0.3) is 0 Å². The van der Waals surface area contributed by atoms with E-state index in [1.807, 2.05) is 6.92 Å². The Balaban J connectivity index is 1.65. The summed E-state index contributed by atoms with van der Waals surface area (Å²) in [5, 5.41) is 32.5. The van der Waals surface area contributed by atoms with Gasteiger partial charge in [0.2, 0.25) is 0 Å². The lowest BCUT2D eigenvalue weighted by Gasteiger charge is -2.22. The third-order valence-electron chi connectivity index (χ3n) is 5.09. The summed E-state index contributed by atoms with van der Waals surface area (Å²) in [6.07, 6.45) is -2.96. The van der Waals surface area contributed by atoms with Crippen molar-refractivity contribution in [2.24, 2.45) is 0 Å². The number of aliphatic hydroxyl groups excluding tert-OH is 3. The maximum Gasteiger partial charge on any atom is 0.165 e. The monoisotopic (exact) mass is 389 g/mol. The highest BCUT2D eigenvalue weighted by Crippen LogP contribution is 2.38. The molecule has 0 aliphatic carbocycles. The highest BCUT2D eigenvalue weighted by atomic mass is 19.1. The Bertz CT molecular complexity index is 1010. The summed E-state index contributed by atoms with van der Waals surface area (Å²) < 4.78 is 26.0. The summed E-state index contributed by atoms with van der Waals surface area (Å²) in [7, 11) is 1.32. The van der Waals surface area contributed by atoms with Crippen LogP contribution in [0.1, 0.15) is 23.6 Å². The van der Waals surface area contributed by atoms with Gasteiger partial charge in [-0.25, -0.2) is 14.4 Å². The normalized spacial score (nSPS) is 25.9. The minimum absolute atomic E-state index is 0.0373. The van der Waals surface area contributed by atoms with E-state index in [0.29, 0.717) is 11.2 Å². The van der Waals surface area contributed by atoms with Gasteiger partial charge in [0.05, 0.1) is 12.8 Å². The highest BCUT2D eigenvalue weighted by molar-refractivity contribution is 5.78. The van der Waals surface area contributed by atoms with Gasteiger partial charge in [-0.05, 0) is 30.7 Å². The lowest BCUT2D eigenvalue weighted by molar-refractivity contribution is -0.0848. The molecule has 0 unspecified atom stereocenters. The summed E-state index contributed by atoms with van der Waals surface area (Å²) in [5.41, 5.74) is 1.61. The standard InChI is InChI=1S/C19H20FN3O5/c1-9-11-5-6-23(18(11)22-8-21-9)19-16(26)15(25)17(28-19)14(24)10-3-4-12(20)13(7-10)27-2/h3-8,14-17,19,24-26H,1-2H3/t14-,15+,16-,17-,19-/m1/s1. The first kappa shape index (κ1) is 18.8. The number of hydrogen-bond acceptors (Lipinski definition) is 7. The van der Waals surface area contributed by atoms with Crippen molar-refractivity contribution in [2.75, 3.05) is 7.11 Å². The van der Waals surface area contributed by atoms with Crippen LogP contribution in [0.5, 0.6) is 5.75 Å². The third-order valence-corrected chi connectivity index (χ3v) is 5.09. The molecule has 1 aliphatic rings. The number of methoxy groups -OCH3 is 1. The van der Waals surface area contributed by atoms with E-state index in [1.54, 1.807) is 16.8 Å². The lowest BCUT2D eigenvalue weighted by Crippen LogP contribution is -2.34. The fourth-order valence-corrected chi connectivity index (χ4v) is 3.53. The van der Waals surface area contributed by atoms with Crippen LogP contribution in [0.25, 0.3) is 11.0 Å². The van der Waals surface area contributed by atoms with Crippen LogP contribution in [0.2, 0.25) is 0 Å². The summed E-state index contributed by atoms with van der Waals surface area (Å²) in [4.78, 5) is 8.35. The molecule has 28 heavy (non-hydrogen) atoms. The first-order valence-corrected chi connectivity index (χ1v) is 8.73. The molecule has 4 rings (SSSR count). The van der Waals surface area contributed by atoms with Crippen LogP contribution in [0.15, 0.2) is 36.8 Å². The Kier molecular flexibility index (Phi) is 4.76. The summed E-state index contributed by atoms with van der Waals surface area (Å²) in [6.45, 7) is 1.84. The Hall–Kier alpha value is -2.59. The number of aryl methyl sites for hydroxylation is 1. The first-order valence-electron chi connectivity index (χ1n) is 8.73. The predicted molar refractivity (Wildman–Crippen MR) is 96.1 cm³/mol. The second-order valence-electron chi connectivity index (χ2n) is 6.73. The molecule has 5 atom stereocenters. The number of benzene rings is 1. The third kappa shape index (κ3) is 2.92. The van der Waals surface area contributed by atoms with Crippen LogP contribution in [0.4, 0.5) is 4.39 Å². The van der Waals surface area contributed by atoms with Gasteiger partial charge in [0.15, 0.2) is 17.8 Å². The number of aliphatic hydroxyl groups is 3.